The Bertz CT molecular complexity index is 599. The fraction of sp³-hybridized carbons (Fsp3) is 0.333. The number of fused-ring (bicyclic) bond motifs is 3. The van der Waals surface area contributed by atoms with Gasteiger partial charge in [0.25, 0.3) is 0 Å². The van der Waals surface area contributed by atoms with E-state index in [1.807, 2.05) is 0 Å². The van der Waals surface area contributed by atoms with Crippen molar-refractivity contribution in [2.24, 2.45) is 0 Å². The minimum Gasteiger partial charge on any atom is -0.493 e. The Morgan fingerprint density at radius 3 is 2.50 bits per heavy atom. The molecule has 0 fully saturated rings. The van der Waals surface area contributed by atoms with Crippen LogP contribution in [0.1, 0.15) is 11.3 Å². The molecule has 1 aliphatic rings. The van der Waals surface area contributed by atoms with Crippen molar-refractivity contribution in [1.29, 1.82) is 0 Å². The zero-order valence-corrected chi connectivity index (χ0v) is 11.0. The molecule has 1 aromatic heterocycles. The number of rotatable bonds is 2. The van der Waals surface area contributed by atoms with Crippen LogP contribution < -0.4 is 9.47 Å². The van der Waals surface area contributed by atoms with Gasteiger partial charge in [-0.2, -0.15) is 0 Å². The first-order chi connectivity index (χ1) is 8.74. The third-order valence-corrected chi connectivity index (χ3v) is 3.69. The molecule has 0 N–H and O–H groups in total. The Morgan fingerprint density at radius 2 is 1.78 bits per heavy atom. The van der Waals surface area contributed by atoms with Gasteiger partial charge in [-0.3, -0.25) is 0 Å². The van der Waals surface area contributed by atoms with Gasteiger partial charge in [-0.25, -0.2) is 0 Å². The number of methoxy groups -OCH3 is 2. The lowest BCUT2D eigenvalue weighted by Crippen LogP contribution is -2.12. The predicted octanol–water partition coefficient (Wildman–Crippen LogP) is 3.04. The summed E-state index contributed by atoms with van der Waals surface area (Å²) in [7, 11) is 3.36. The van der Waals surface area contributed by atoms with E-state index in [1.54, 1.807) is 14.2 Å². The maximum absolute atomic E-state index is 5.39. The Balaban J connectivity index is 2.21. The first kappa shape index (κ1) is 11.2. The lowest BCUT2D eigenvalue weighted by Gasteiger charge is -2.22. The SMILES string of the molecule is COc1cc2c(cc1OC)-c1ccc(C)n1CC2. The number of hydrogen-bond acceptors (Lipinski definition) is 2. The van der Waals surface area contributed by atoms with Crippen LogP contribution in [-0.4, -0.2) is 18.8 Å². The number of nitrogens with zero attached hydrogens (tertiary/aromatic N) is 1. The zero-order chi connectivity index (χ0) is 12.7. The Labute approximate surface area is 107 Å². The highest BCUT2D eigenvalue weighted by Gasteiger charge is 2.20. The predicted molar refractivity (Wildman–Crippen MR) is 71.4 cm³/mol. The number of hydrogen-bond donors (Lipinski definition) is 0. The molecule has 3 heteroatoms. The first-order valence-electron chi connectivity index (χ1n) is 6.16. The van der Waals surface area contributed by atoms with E-state index < -0.39 is 0 Å². The standard InChI is InChI=1S/C15H17NO2/c1-10-4-5-13-12-9-15(18-3)14(17-2)8-11(12)6-7-16(10)13/h4-5,8-9H,6-7H2,1-3H3. The highest BCUT2D eigenvalue weighted by Crippen LogP contribution is 2.39. The van der Waals surface area contributed by atoms with Crippen LogP contribution in [0.2, 0.25) is 0 Å². The lowest BCUT2D eigenvalue weighted by molar-refractivity contribution is 0.354. The fourth-order valence-electron chi connectivity index (χ4n) is 2.70. The summed E-state index contributed by atoms with van der Waals surface area (Å²) in [6.07, 6.45) is 1.04. The van der Waals surface area contributed by atoms with Gasteiger partial charge in [-0.15, -0.1) is 0 Å². The molecule has 2 heterocycles. The molecule has 0 unspecified atom stereocenters. The molecule has 0 amide bonds. The van der Waals surface area contributed by atoms with Gasteiger partial charge < -0.3 is 14.0 Å². The smallest absolute Gasteiger partial charge is 0.161 e. The molecule has 0 saturated carbocycles. The van der Waals surface area contributed by atoms with E-state index in [0.29, 0.717) is 0 Å². The summed E-state index contributed by atoms with van der Waals surface area (Å²) in [5.74, 6) is 1.61. The molecule has 0 saturated heterocycles. The number of ether oxygens (including phenoxy) is 2. The van der Waals surface area contributed by atoms with Crippen LogP contribution in [0, 0.1) is 6.92 Å². The van der Waals surface area contributed by atoms with E-state index in [-0.39, 0.29) is 0 Å². The van der Waals surface area contributed by atoms with Crippen molar-refractivity contribution in [2.45, 2.75) is 19.9 Å². The summed E-state index contributed by atoms with van der Waals surface area (Å²) in [5.41, 5.74) is 5.17. The van der Waals surface area contributed by atoms with Gasteiger partial charge in [0.1, 0.15) is 0 Å². The molecular formula is C15H17NO2. The van der Waals surface area contributed by atoms with Gasteiger partial charge in [0.2, 0.25) is 0 Å². The summed E-state index contributed by atoms with van der Waals surface area (Å²) in [6, 6.07) is 8.53. The van der Waals surface area contributed by atoms with Gasteiger partial charge in [0.05, 0.1) is 14.2 Å². The van der Waals surface area contributed by atoms with Crippen molar-refractivity contribution in [3.05, 3.63) is 35.5 Å². The van der Waals surface area contributed by atoms with E-state index in [9.17, 15) is 0 Å². The summed E-state index contributed by atoms with van der Waals surface area (Å²) < 4.78 is 13.1. The van der Waals surface area contributed by atoms with Crippen molar-refractivity contribution < 1.29 is 9.47 Å². The summed E-state index contributed by atoms with van der Waals surface area (Å²) >= 11 is 0. The Morgan fingerprint density at radius 1 is 1.06 bits per heavy atom. The lowest BCUT2D eigenvalue weighted by atomic mass is 9.97. The third-order valence-electron chi connectivity index (χ3n) is 3.69. The van der Waals surface area contributed by atoms with Gasteiger partial charge in [-0.05, 0) is 43.2 Å². The van der Waals surface area contributed by atoms with Gasteiger partial charge >= 0.3 is 0 Å². The molecule has 0 spiro atoms. The Hall–Kier alpha value is -1.90. The van der Waals surface area contributed by atoms with E-state index in [1.165, 1.54) is 22.5 Å². The summed E-state index contributed by atoms with van der Waals surface area (Å²) in [4.78, 5) is 0. The number of benzene rings is 1. The van der Waals surface area contributed by atoms with Gasteiger partial charge in [-0.1, -0.05) is 0 Å². The normalized spacial score (nSPS) is 12.8. The molecular weight excluding hydrogens is 226 g/mol. The molecule has 3 rings (SSSR count). The van der Waals surface area contributed by atoms with Crippen LogP contribution in [0.3, 0.4) is 0 Å². The third kappa shape index (κ3) is 1.50. The second-order valence-electron chi connectivity index (χ2n) is 4.63. The van der Waals surface area contributed by atoms with Crippen LogP contribution in [0.15, 0.2) is 24.3 Å². The fourth-order valence-corrected chi connectivity index (χ4v) is 2.70. The average Bonchev–Trinajstić information content (AvgIpc) is 2.79. The topological polar surface area (TPSA) is 23.4 Å². The first-order valence-corrected chi connectivity index (χ1v) is 6.16. The molecule has 0 bridgehead atoms. The zero-order valence-electron chi connectivity index (χ0n) is 11.0. The van der Waals surface area contributed by atoms with E-state index in [2.05, 4.69) is 35.8 Å². The molecule has 1 aromatic carbocycles. The highest BCUT2D eigenvalue weighted by atomic mass is 16.5. The molecule has 94 valence electrons. The highest BCUT2D eigenvalue weighted by molar-refractivity contribution is 5.71. The second kappa shape index (κ2) is 4.09. The minimum absolute atomic E-state index is 0.795. The maximum Gasteiger partial charge on any atom is 0.161 e. The summed E-state index contributed by atoms with van der Waals surface area (Å²) in [5, 5.41) is 0. The van der Waals surface area contributed by atoms with Gasteiger partial charge in [0.15, 0.2) is 11.5 Å². The number of aryl methyl sites for hydroxylation is 2. The minimum atomic E-state index is 0.795. The van der Waals surface area contributed by atoms with Crippen LogP contribution in [-0.2, 0) is 13.0 Å². The molecule has 0 atom stereocenters. The van der Waals surface area contributed by atoms with Crippen LogP contribution in [0.4, 0.5) is 0 Å². The number of aromatic nitrogens is 1. The van der Waals surface area contributed by atoms with Crippen molar-refractivity contribution in [3.8, 4) is 22.8 Å². The van der Waals surface area contributed by atoms with E-state index >= 15 is 0 Å². The molecule has 0 aliphatic carbocycles. The van der Waals surface area contributed by atoms with Crippen LogP contribution in [0.5, 0.6) is 11.5 Å². The van der Waals surface area contributed by atoms with Crippen molar-refractivity contribution in [2.75, 3.05) is 14.2 Å². The quantitative estimate of drug-likeness (QED) is 0.809. The van der Waals surface area contributed by atoms with Crippen molar-refractivity contribution in [1.82, 2.24) is 4.57 Å². The molecule has 2 aromatic rings. The Kier molecular flexibility index (Phi) is 2.54. The molecule has 3 nitrogen and oxygen atoms in total. The van der Waals surface area contributed by atoms with Crippen LogP contribution in [0.25, 0.3) is 11.3 Å². The second-order valence-corrected chi connectivity index (χ2v) is 4.63. The summed E-state index contributed by atoms with van der Waals surface area (Å²) in [6.45, 7) is 3.19. The van der Waals surface area contributed by atoms with Gasteiger partial charge in [0, 0.05) is 23.5 Å². The molecule has 1 aliphatic heterocycles. The molecule has 18 heavy (non-hydrogen) atoms. The van der Waals surface area contributed by atoms with Crippen LogP contribution >= 0.6 is 0 Å². The van der Waals surface area contributed by atoms with Crippen molar-refractivity contribution >= 4 is 0 Å². The monoisotopic (exact) mass is 243 g/mol. The van der Waals surface area contributed by atoms with Crippen molar-refractivity contribution in [3.63, 3.8) is 0 Å². The maximum atomic E-state index is 5.39. The molecule has 0 radical (unpaired) electrons. The van der Waals surface area contributed by atoms with E-state index in [0.717, 1.165) is 24.5 Å². The van der Waals surface area contributed by atoms with E-state index in [4.69, 9.17) is 9.47 Å². The largest absolute Gasteiger partial charge is 0.493 e. The average molecular weight is 243 g/mol.